The normalized spacial score (nSPS) is 14.9. The first-order valence-corrected chi connectivity index (χ1v) is 8.86. The van der Waals surface area contributed by atoms with Crippen LogP contribution in [0.4, 0.5) is 5.82 Å². The molecule has 0 amide bonds. The number of nitrogens with zero attached hydrogens (tertiary/aromatic N) is 6. The van der Waals surface area contributed by atoms with Crippen molar-refractivity contribution in [1.29, 1.82) is 0 Å². The second-order valence-corrected chi connectivity index (χ2v) is 6.46. The SMILES string of the molecule is Cn1ccnc(N2CCC(Oc3ncc(-c4ccncc4)cn3)CC2)c1=O. The average Bonchev–Trinajstić information content (AvgIpc) is 2.72. The molecule has 3 aromatic rings. The predicted octanol–water partition coefficient (Wildman–Crippen LogP) is 1.68. The maximum absolute atomic E-state index is 12.2. The third kappa shape index (κ3) is 3.79. The van der Waals surface area contributed by atoms with E-state index in [0.29, 0.717) is 24.9 Å². The quantitative estimate of drug-likeness (QED) is 0.696. The van der Waals surface area contributed by atoms with Gasteiger partial charge in [-0.05, 0) is 17.7 Å². The molecule has 0 unspecified atom stereocenters. The summed E-state index contributed by atoms with van der Waals surface area (Å²) < 4.78 is 7.46. The van der Waals surface area contributed by atoms with Crippen molar-refractivity contribution in [3.63, 3.8) is 0 Å². The topological polar surface area (TPSA) is 86.0 Å². The lowest BCUT2D eigenvalue weighted by atomic mass is 10.1. The van der Waals surface area contributed by atoms with Crippen molar-refractivity contribution in [2.45, 2.75) is 18.9 Å². The highest BCUT2D eigenvalue weighted by atomic mass is 16.5. The molecule has 0 atom stereocenters. The van der Waals surface area contributed by atoms with Crippen molar-refractivity contribution in [2.24, 2.45) is 7.05 Å². The van der Waals surface area contributed by atoms with Gasteiger partial charge in [-0.3, -0.25) is 9.78 Å². The Morgan fingerprint density at radius 3 is 2.41 bits per heavy atom. The number of anilines is 1. The van der Waals surface area contributed by atoms with E-state index < -0.39 is 0 Å². The zero-order valence-corrected chi connectivity index (χ0v) is 15.0. The molecule has 8 nitrogen and oxygen atoms in total. The van der Waals surface area contributed by atoms with Gasteiger partial charge in [-0.1, -0.05) is 0 Å². The zero-order valence-electron chi connectivity index (χ0n) is 15.0. The number of aryl methyl sites for hydroxylation is 1. The first kappa shape index (κ1) is 17.1. The maximum Gasteiger partial charge on any atom is 0.316 e. The molecular weight excluding hydrogens is 344 g/mol. The van der Waals surface area contributed by atoms with E-state index in [1.165, 1.54) is 0 Å². The summed E-state index contributed by atoms with van der Waals surface area (Å²) in [4.78, 5) is 31.1. The molecule has 0 N–H and O–H groups in total. The molecule has 1 aliphatic heterocycles. The number of rotatable bonds is 4. The number of piperidine rings is 1. The van der Waals surface area contributed by atoms with Gasteiger partial charge in [-0.15, -0.1) is 0 Å². The number of aromatic nitrogens is 5. The molecule has 0 aliphatic carbocycles. The molecule has 138 valence electrons. The van der Waals surface area contributed by atoms with Gasteiger partial charge in [0, 0.05) is 75.7 Å². The van der Waals surface area contributed by atoms with E-state index in [0.717, 1.165) is 24.0 Å². The molecule has 4 heterocycles. The molecule has 0 spiro atoms. The Balaban J connectivity index is 1.37. The minimum absolute atomic E-state index is 0.0283. The fourth-order valence-electron chi connectivity index (χ4n) is 3.11. The van der Waals surface area contributed by atoms with Crippen LogP contribution in [0.5, 0.6) is 6.01 Å². The van der Waals surface area contributed by atoms with Crippen LogP contribution in [-0.4, -0.2) is 43.7 Å². The summed E-state index contributed by atoms with van der Waals surface area (Å²) in [5, 5.41) is 0. The highest BCUT2D eigenvalue weighted by Crippen LogP contribution is 2.20. The van der Waals surface area contributed by atoms with Crippen LogP contribution in [0.3, 0.4) is 0 Å². The third-order valence-electron chi connectivity index (χ3n) is 4.65. The van der Waals surface area contributed by atoms with Gasteiger partial charge in [-0.2, -0.15) is 0 Å². The number of pyridine rings is 1. The van der Waals surface area contributed by atoms with Gasteiger partial charge in [0.15, 0.2) is 5.82 Å². The van der Waals surface area contributed by atoms with Gasteiger partial charge < -0.3 is 14.2 Å². The molecule has 0 bridgehead atoms. The molecule has 27 heavy (non-hydrogen) atoms. The van der Waals surface area contributed by atoms with E-state index in [1.807, 2.05) is 17.0 Å². The van der Waals surface area contributed by atoms with Crippen molar-refractivity contribution >= 4 is 5.82 Å². The van der Waals surface area contributed by atoms with Gasteiger partial charge in [0.2, 0.25) is 0 Å². The second-order valence-electron chi connectivity index (χ2n) is 6.46. The van der Waals surface area contributed by atoms with E-state index in [1.54, 1.807) is 48.8 Å². The predicted molar refractivity (Wildman–Crippen MR) is 101 cm³/mol. The summed E-state index contributed by atoms with van der Waals surface area (Å²) in [5.41, 5.74) is 1.86. The van der Waals surface area contributed by atoms with Crippen molar-refractivity contribution in [2.75, 3.05) is 18.0 Å². The fourth-order valence-corrected chi connectivity index (χ4v) is 3.11. The summed E-state index contributed by atoms with van der Waals surface area (Å²) in [6.07, 6.45) is 11.9. The van der Waals surface area contributed by atoms with Crippen LogP contribution >= 0.6 is 0 Å². The van der Waals surface area contributed by atoms with Crippen LogP contribution in [0.25, 0.3) is 11.1 Å². The molecule has 0 aromatic carbocycles. The van der Waals surface area contributed by atoms with Crippen molar-refractivity contribution < 1.29 is 4.74 Å². The molecular formula is C19H20N6O2. The monoisotopic (exact) mass is 364 g/mol. The Morgan fingerprint density at radius 2 is 1.70 bits per heavy atom. The minimum Gasteiger partial charge on any atom is -0.460 e. The zero-order chi connectivity index (χ0) is 18.6. The Hall–Kier alpha value is -3.29. The lowest BCUT2D eigenvalue weighted by Gasteiger charge is -2.31. The largest absolute Gasteiger partial charge is 0.460 e. The molecule has 0 radical (unpaired) electrons. The van der Waals surface area contributed by atoms with Crippen LogP contribution in [0.1, 0.15) is 12.8 Å². The Bertz CT molecular complexity index is 950. The Kier molecular flexibility index (Phi) is 4.78. The van der Waals surface area contributed by atoms with Gasteiger partial charge >= 0.3 is 6.01 Å². The summed E-state index contributed by atoms with van der Waals surface area (Å²) in [6.45, 7) is 1.43. The van der Waals surface area contributed by atoms with E-state index in [4.69, 9.17) is 4.74 Å². The van der Waals surface area contributed by atoms with E-state index in [-0.39, 0.29) is 11.7 Å². The first-order valence-electron chi connectivity index (χ1n) is 8.86. The van der Waals surface area contributed by atoms with E-state index in [2.05, 4.69) is 19.9 Å². The van der Waals surface area contributed by atoms with Crippen molar-refractivity contribution in [1.82, 2.24) is 24.5 Å². The van der Waals surface area contributed by atoms with Crippen LogP contribution in [0.2, 0.25) is 0 Å². The minimum atomic E-state index is -0.0769. The Morgan fingerprint density at radius 1 is 1.00 bits per heavy atom. The smallest absolute Gasteiger partial charge is 0.316 e. The summed E-state index contributed by atoms with van der Waals surface area (Å²) in [7, 11) is 1.73. The lowest BCUT2D eigenvalue weighted by molar-refractivity contribution is 0.156. The molecule has 1 aliphatic rings. The second kappa shape index (κ2) is 7.53. The maximum atomic E-state index is 12.2. The molecule has 1 saturated heterocycles. The van der Waals surface area contributed by atoms with Crippen LogP contribution in [0, 0.1) is 0 Å². The van der Waals surface area contributed by atoms with Crippen molar-refractivity contribution in [3.05, 3.63) is 59.7 Å². The number of ether oxygens (including phenoxy) is 1. The van der Waals surface area contributed by atoms with Crippen LogP contribution < -0.4 is 15.2 Å². The number of hydrogen-bond donors (Lipinski definition) is 0. The average molecular weight is 364 g/mol. The van der Waals surface area contributed by atoms with Gasteiger partial charge in [0.25, 0.3) is 5.56 Å². The summed E-state index contributed by atoms with van der Waals surface area (Å²) in [5.74, 6) is 0.497. The van der Waals surface area contributed by atoms with Gasteiger partial charge in [0.1, 0.15) is 6.10 Å². The van der Waals surface area contributed by atoms with Gasteiger partial charge in [-0.25, -0.2) is 15.0 Å². The number of hydrogen-bond acceptors (Lipinski definition) is 7. The molecule has 8 heteroatoms. The standard InChI is InChI=1S/C19H20N6O2/c1-24-11-8-21-17(18(24)26)25-9-4-16(5-10-25)27-19-22-12-15(13-23-19)14-2-6-20-7-3-14/h2-3,6-8,11-13,16H,4-5,9-10H2,1H3. The molecule has 4 rings (SSSR count). The highest BCUT2D eigenvalue weighted by molar-refractivity contribution is 5.60. The van der Waals surface area contributed by atoms with Crippen LogP contribution in [0.15, 0.2) is 54.1 Å². The van der Waals surface area contributed by atoms with Crippen molar-refractivity contribution in [3.8, 4) is 17.1 Å². The summed E-state index contributed by atoms with van der Waals surface area (Å²) in [6, 6.07) is 4.20. The third-order valence-corrected chi connectivity index (χ3v) is 4.65. The molecule has 0 saturated carbocycles. The van der Waals surface area contributed by atoms with Gasteiger partial charge in [0.05, 0.1) is 0 Å². The van der Waals surface area contributed by atoms with E-state index >= 15 is 0 Å². The molecule has 1 fully saturated rings. The van der Waals surface area contributed by atoms with Crippen LogP contribution in [-0.2, 0) is 7.05 Å². The Labute approximate surface area is 156 Å². The first-order chi connectivity index (χ1) is 13.2. The fraction of sp³-hybridized carbons (Fsp3) is 0.316. The summed E-state index contributed by atoms with van der Waals surface area (Å²) >= 11 is 0. The highest BCUT2D eigenvalue weighted by Gasteiger charge is 2.24. The molecule has 3 aromatic heterocycles. The van der Waals surface area contributed by atoms with E-state index in [9.17, 15) is 4.79 Å². The lowest BCUT2D eigenvalue weighted by Crippen LogP contribution is -2.42.